The molecule has 2 aromatic rings. The molecule has 2 aromatic carbocycles. The number of carbonyl (C=O) groups excluding carboxylic acids is 1. The summed E-state index contributed by atoms with van der Waals surface area (Å²) in [6, 6.07) is 15.5. The van der Waals surface area contributed by atoms with Crippen molar-refractivity contribution in [1.82, 2.24) is 5.32 Å². The highest BCUT2D eigenvalue weighted by molar-refractivity contribution is 6.30. The standard InChI is InChI=1S/C17H20ClN3O/c1-12(17(19)22)20-10-14-4-8-16(9-5-14)21-11-13-2-6-15(18)7-3-13/h2-9,12,20-21H,10-11H2,1H3,(H2,19,22). The second kappa shape index (κ2) is 7.82. The predicted octanol–water partition coefficient (Wildman–Crippen LogP) is 2.92. The fourth-order valence-electron chi connectivity index (χ4n) is 1.92. The van der Waals surface area contributed by atoms with E-state index in [0.717, 1.165) is 22.8 Å². The molecule has 0 aliphatic carbocycles. The van der Waals surface area contributed by atoms with Gasteiger partial charge in [0.15, 0.2) is 0 Å². The Labute approximate surface area is 135 Å². The van der Waals surface area contributed by atoms with Crippen LogP contribution in [0.1, 0.15) is 18.1 Å². The maximum absolute atomic E-state index is 11.0. The van der Waals surface area contributed by atoms with Crippen LogP contribution in [0.4, 0.5) is 5.69 Å². The molecule has 0 bridgehead atoms. The van der Waals surface area contributed by atoms with Gasteiger partial charge in [-0.15, -0.1) is 0 Å². The normalized spacial score (nSPS) is 11.9. The van der Waals surface area contributed by atoms with E-state index in [2.05, 4.69) is 10.6 Å². The monoisotopic (exact) mass is 317 g/mol. The molecule has 0 radical (unpaired) electrons. The first kappa shape index (κ1) is 16.3. The topological polar surface area (TPSA) is 67.2 Å². The van der Waals surface area contributed by atoms with E-state index in [1.165, 1.54) is 5.56 Å². The van der Waals surface area contributed by atoms with Gasteiger partial charge in [0.25, 0.3) is 0 Å². The van der Waals surface area contributed by atoms with Crippen LogP contribution in [0, 0.1) is 0 Å². The third kappa shape index (κ3) is 5.06. The van der Waals surface area contributed by atoms with E-state index < -0.39 is 0 Å². The highest BCUT2D eigenvalue weighted by Gasteiger charge is 2.06. The number of hydrogen-bond donors (Lipinski definition) is 3. The Morgan fingerprint density at radius 3 is 2.18 bits per heavy atom. The molecule has 0 fully saturated rings. The molecule has 0 saturated heterocycles. The Kier molecular flexibility index (Phi) is 5.81. The fraction of sp³-hybridized carbons (Fsp3) is 0.235. The first-order valence-corrected chi connectivity index (χ1v) is 7.52. The number of benzene rings is 2. The largest absolute Gasteiger partial charge is 0.381 e. The van der Waals surface area contributed by atoms with Gasteiger partial charge in [-0.3, -0.25) is 4.79 Å². The number of halogens is 1. The second-order valence-corrected chi connectivity index (χ2v) is 5.62. The first-order valence-electron chi connectivity index (χ1n) is 7.14. The summed E-state index contributed by atoms with van der Waals surface area (Å²) in [5.41, 5.74) is 8.53. The molecule has 0 aliphatic heterocycles. The van der Waals surface area contributed by atoms with Gasteiger partial charge in [0, 0.05) is 23.8 Å². The highest BCUT2D eigenvalue weighted by atomic mass is 35.5. The average Bonchev–Trinajstić information content (AvgIpc) is 2.53. The molecular weight excluding hydrogens is 298 g/mol. The molecule has 2 rings (SSSR count). The zero-order valence-corrected chi connectivity index (χ0v) is 13.2. The SMILES string of the molecule is CC(NCc1ccc(NCc2ccc(Cl)cc2)cc1)C(N)=O. The Bertz CT molecular complexity index is 611. The van der Waals surface area contributed by atoms with Crippen LogP contribution < -0.4 is 16.4 Å². The van der Waals surface area contributed by atoms with Crippen LogP contribution in [0.2, 0.25) is 5.02 Å². The van der Waals surface area contributed by atoms with Crippen molar-refractivity contribution in [2.24, 2.45) is 5.73 Å². The van der Waals surface area contributed by atoms with Gasteiger partial charge in [0.1, 0.15) is 0 Å². The minimum absolute atomic E-state index is 0.331. The van der Waals surface area contributed by atoms with Gasteiger partial charge >= 0.3 is 0 Å². The van der Waals surface area contributed by atoms with Crippen molar-refractivity contribution >= 4 is 23.2 Å². The summed E-state index contributed by atoms with van der Waals surface area (Å²) in [6.07, 6.45) is 0. The van der Waals surface area contributed by atoms with E-state index >= 15 is 0 Å². The summed E-state index contributed by atoms with van der Waals surface area (Å²) >= 11 is 5.86. The number of hydrogen-bond acceptors (Lipinski definition) is 3. The van der Waals surface area contributed by atoms with E-state index in [1.807, 2.05) is 48.5 Å². The third-order valence-corrected chi connectivity index (χ3v) is 3.65. The smallest absolute Gasteiger partial charge is 0.234 e. The summed E-state index contributed by atoms with van der Waals surface area (Å²) in [5, 5.41) is 7.17. The van der Waals surface area contributed by atoms with Crippen LogP contribution in [-0.4, -0.2) is 11.9 Å². The molecule has 0 aliphatic rings. The van der Waals surface area contributed by atoms with Gasteiger partial charge in [-0.05, 0) is 42.3 Å². The van der Waals surface area contributed by atoms with Gasteiger partial charge in [-0.2, -0.15) is 0 Å². The number of nitrogens with one attached hydrogen (secondary N) is 2. The van der Waals surface area contributed by atoms with Crippen molar-refractivity contribution in [2.45, 2.75) is 26.1 Å². The van der Waals surface area contributed by atoms with E-state index in [0.29, 0.717) is 6.54 Å². The van der Waals surface area contributed by atoms with Gasteiger partial charge in [-0.25, -0.2) is 0 Å². The Hall–Kier alpha value is -2.04. The number of primary amides is 1. The quantitative estimate of drug-likeness (QED) is 0.735. The molecule has 0 saturated carbocycles. The van der Waals surface area contributed by atoms with Gasteiger partial charge in [0.05, 0.1) is 6.04 Å². The van der Waals surface area contributed by atoms with Crippen molar-refractivity contribution < 1.29 is 4.79 Å². The molecule has 0 heterocycles. The molecule has 0 spiro atoms. The van der Waals surface area contributed by atoms with Gasteiger partial charge in [-0.1, -0.05) is 35.9 Å². The number of amides is 1. The Balaban J connectivity index is 1.83. The maximum Gasteiger partial charge on any atom is 0.234 e. The van der Waals surface area contributed by atoms with Crippen LogP contribution in [-0.2, 0) is 17.9 Å². The van der Waals surface area contributed by atoms with E-state index in [-0.39, 0.29) is 11.9 Å². The lowest BCUT2D eigenvalue weighted by atomic mass is 10.1. The van der Waals surface area contributed by atoms with E-state index in [9.17, 15) is 4.79 Å². The molecule has 4 nitrogen and oxygen atoms in total. The van der Waals surface area contributed by atoms with Crippen LogP contribution in [0.25, 0.3) is 0 Å². The van der Waals surface area contributed by atoms with E-state index in [4.69, 9.17) is 17.3 Å². The van der Waals surface area contributed by atoms with Crippen molar-refractivity contribution in [3.8, 4) is 0 Å². The number of rotatable bonds is 7. The summed E-state index contributed by atoms with van der Waals surface area (Å²) in [5.74, 6) is -0.346. The highest BCUT2D eigenvalue weighted by Crippen LogP contribution is 2.13. The number of carbonyl (C=O) groups is 1. The van der Waals surface area contributed by atoms with Crippen LogP contribution in [0.5, 0.6) is 0 Å². The van der Waals surface area contributed by atoms with Crippen molar-refractivity contribution in [1.29, 1.82) is 0 Å². The molecule has 5 heteroatoms. The zero-order valence-electron chi connectivity index (χ0n) is 12.5. The fourth-order valence-corrected chi connectivity index (χ4v) is 2.04. The summed E-state index contributed by atoms with van der Waals surface area (Å²) in [6.45, 7) is 3.11. The lowest BCUT2D eigenvalue weighted by Gasteiger charge is -2.11. The van der Waals surface area contributed by atoms with Crippen molar-refractivity contribution in [2.75, 3.05) is 5.32 Å². The molecule has 1 atom stereocenters. The van der Waals surface area contributed by atoms with Crippen LogP contribution >= 0.6 is 11.6 Å². The first-order chi connectivity index (χ1) is 10.5. The maximum atomic E-state index is 11.0. The Morgan fingerprint density at radius 1 is 1.05 bits per heavy atom. The van der Waals surface area contributed by atoms with Gasteiger partial charge in [0.2, 0.25) is 5.91 Å². The summed E-state index contributed by atoms with van der Waals surface area (Å²) < 4.78 is 0. The summed E-state index contributed by atoms with van der Waals surface area (Å²) in [7, 11) is 0. The second-order valence-electron chi connectivity index (χ2n) is 5.18. The number of nitrogens with two attached hydrogens (primary N) is 1. The van der Waals surface area contributed by atoms with Gasteiger partial charge < -0.3 is 16.4 Å². The predicted molar refractivity (Wildman–Crippen MR) is 90.7 cm³/mol. The number of anilines is 1. The molecule has 116 valence electrons. The minimum Gasteiger partial charge on any atom is -0.381 e. The Morgan fingerprint density at radius 2 is 1.59 bits per heavy atom. The molecule has 0 aromatic heterocycles. The average molecular weight is 318 g/mol. The lowest BCUT2D eigenvalue weighted by molar-refractivity contribution is -0.119. The molecule has 22 heavy (non-hydrogen) atoms. The summed E-state index contributed by atoms with van der Waals surface area (Å²) in [4.78, 5) is 11.0. The molecular formula is C17H20ClN3O. The van der Waals surface area contributed by atoms with Crippen molar-refractivity contribution in [3.05, 3.63) is 64.7 Å². The van der Waals surface area contributed by atoms with Crippen molar-refractivity contribution in [3.63, 3.8) is 0 Å². The van der Waals surface area contributed by atoms with E-state index in [1.54, 1.807) is 6.92 Å². The lowest BCUT2D eigenvalue weighted by Crippen LogP contribution is -2.38. The minimum atomic E-state index is -0.346. The zero-order chi connectivity index (χ0) is 15.9. The third-order valence-electron chi connectivity index (χ3n) is 3.40. The molecule has 1 amide bonds. The van der Waals surface area contributed by atoms with Crippen LogP contribution in [0.15, 0.2) is 48.5 Å². The molecule has 1 unspecified atom stereocenters. The molecule has 4 N–H and O–H groups in total. The van der Waals surface area contributed by atoms with Crippen LogP contribution in [0.3, 0.4) is 0 Å².